The van der Waals surface area contributed by atoms with Gasteiger partial charge in [-0.05, 0) is 35.4 Å². The Morgan fingerprint density at radius 3 is 2.38 bits per heavy atom. The number of halogens is 4. The fourth-order valence-corrected chi connectivity index (χ4v) is 3.04. The second kappa shape index (κ2) is 7.77. The summed E-state index contributed by atoms with van der Waals surface area (Å²) in [4.78, 5) is 13.2. The number of nitrogens with zero attached hydrogens (tertiary/aromatic N) is 1. The van der Waals surface area contributed by atoms with Crippen molar-refractivity contribution < 1.29 is 27.4 Å². The van der Waals surface area contributed by atoms with Crippen LogP contribution in [0, 0.1) is 0 Å². The van der Waals surface area contributed by atoms with E-state index in [0.717, 1.165) is 21.9 Å². The molecule has 8 heteroatoms. The average Bonchev–Trinajstić information content (AvgIpc) is 2.99. The molecule has 4 nitrogen and oxygen atoms in total. The molecule has 1 fully saturated rings. The van der Waals surface area contributed by atoms with Gasteiger partial charge in [-0.3, -0.25) is 9.69 Å². The van der Waals surface area contributed by atoms with E-state index in [-0.39, 0.29) is 11.9 Å². The van der Waals surface area contributed by atoms with Crippen LogP contribution in [0.3, 0.4) is 0 Å². The van der Waals surface area contributed by atoms with Crippen LogP contribution in [0.2, 0.25) is 0 Å². The third kappa shape index (κ3) is 4.84. The van der Waals surface area contributed by atoms with Crippen molar-refractivity contribution in [2.75, 3.05) is 6.54 Å². The molecule has 0 radical (unpaired) electrons. The second-order valence-corrected chi connectivity index (χ2v) is 6.74. The Kier molecular flexibility index (Phi) is 5.64. The van der Waals surface area contributed by atoms with Gasteiger partial charge in [0.1, 0.15) is 5.75 Å². The van der Waals surface area contributed by atoms with Crippen molar-refractivity contribution in [3.05, 3.63) is 64.1 Å². The Balaban J connectivity index is 1.66. The summed E-state index contributed by atoms with van der Waals surface area (Å²) in [7, 11) is 0. The quantitative estimate of drug-likeness (QED) is 0.658. The number of carbonyl (C=O) groups is 1. The van der Waals surface area contributed by atoms with Crippen LogP contribution in [-0.4, -0.2) is 30.3 Å². The van der Waals surface area contributed by atoms with Gasteiger partial charge in [-0.15, -0.1) is 13.2 Å². The van der Waals surface area contributed by atoms with Crippen LogP contribution in [0.1, 0.15) is 17.2 Å². The Morgan fingerprint density at radius 1 is 1.15 bits per heavy atom. The average molecular weight is 430 g/mol. The maximum Gasteiger partial charge on any atom is 0.573 e. The Labute approximate surface area is 156 Å². The van der Waals surface area contributed by atoms with Crippen LogP contribution in [-0.2, 0) is 16.1 Å². The Morgan fingerprint density at radius 2 is 1.81 bits per heavy atom. The van der Waals surface area contributed by atoms with E-state index in [0.29, 0.717) is 13.1 Å². The van der Waals surface area contributed by atoms with Crippen LogP contribution in [0.25, 0.3) is 0 Å². The lowest BCUT2D eigenvalue weighted by molar-refractivity contribution is -0.274. The summed E-state index contributed by atoms with van der Waals surface area (Å²) in [6.45, 7) is 0.884. The minimum atomic E-state index is -4.72. The van der Waals surface area contributed by atoms with Gasteiger partial charge in [0.25, 0.3) is 0 Å². The molecule has 0 amide bonds. The highest BCUT2D eigenvalue weighted by Gasteiger charge is 2.34. The van der Waals surface area contributed by atoms with E-state index in [2.05, 4.69) is 20.7 Å². The largest absolute Gasteiger partial charge is 0.573 e. The predicted octanol–water partition coefficient (Wildman–Crippen LogP) is 4.45. The van der Waals surface area contributed by atoms with Crippen LogP contribution < -0.4 is 4.74 Å². The molecule has 2 aromatic carbocycles. The third-order valence-electron chi connectivity index (χ3n) is 3.96. The van der Waals surface area contributed by atoms with E-state index in [1.54, 1.807) is 0 Å². The van der Waals surface area contributed by atoms with Gasteiger partial charge in [-0.2, -0.15) is 0 Å². The molecule has 2 aromatic rings. The highest BCUT2D eigenvalue weighted by Crippen LogP contribution is 2.30. The summed E-state index contributed by atoms with van der Waals surface area (Å²) in [6, 6.07) is 13.2. The first-order valence-electron chi connectivity index (χ1n) is 7.79. The molecule has 3 rings (SSSR count). The van der Waals surface area contributed by atoms with E-state index in [9.17, 15) is 18.0 Å². The Bertz CT molecular complexity index is 750. The number of benzene rings is 2. The Hall–Kier alpha value is -1.90. The molecule has 2 atom stereocenters. The van der Waals surface area contributed by atoms with Gasteiger partial charge >= 0.3 is 6.36 Å². The van der Waals surface area contributed by atoms with Gasteiger partial charge in [-0.25, -0.2) is 0 Å². The van der Waals surface area contributed by atoms with Crippen LogP contribution in [0.5, 0.6) is 5.75 Å². The third-order valence-corrected chi connectivity index (χ3v) is 4.49. The SMILES string of the molecule is O=CC1OC(c2ccc(Br)cc2)CN1Cc1ccc(OC(F)(F)F)cc1. The first kappa shape index (κ1) is 18.9. The molecule has 2 unspecified atom stereocenters. The molecule has 26 heavy (non-hydrogen) atoms. The number of alkyl halides is 3. The lowest BCUT2D eigenvalue weighted by atomic mass is 10.1. The molecule has 1 saturated heterocycles. The number of ether oxygens (including phenoxy) is 2. The van der Waals surface area contributed by atoms with E-state index in [1.807, 2.05) is 29.2 Å². The van der Waals surface area contributed by atoms with Crippen molar-refractivity contribution in [2.24, 2.45) is 0 Å². The van der Waals surface area contributed by atoms with Gasteiger partial charge < -0.3 is 9.47 Å². The van der Waals surface area contributed by atoms with Crippen molar-refractivity contribution in [3.8, 4) is 5.75 Å². The fraction of sp³-hybridized carbons (Fsp3) is 0.278. The monoisotopic (exact) mass is 429 g/mol. The van der Waals surface area contributed by atoms with Gasteiger partial charge in [0.05, 0.1) is 6.10 Å². The number of carbonyl (C=O) groups excluding carboxylic acids is 1. The molecule has 138 valence electrons. The highest BCUT2D eigenvalue weighted by molar-refractivity contribution is 9.10. The van der Waals surface area contributed by atoms with E-state index >= 15 is 0 Å². The fourth-order valence-electron chi connectivity index (χ4n) is 2.78. The van der Waals surface area contributed by atoms with Crippen LogP contribution in [0.15, 0.2) is 53.0 Å². The van der Waals surface area contributed by atoms with E-state index < -0.39 is 12.6 Å². The van der Waals surface area contributed by atoms with Gasteiger partial charge in [-0.1, -0.05) is 40.2 Å². The first-order valence-corrected chi connectivity index (χ1v) is 8.58. The smallest absolute Gasteiger partial charge is 0.406 e. The molecule has 1 aliphatic heterocycles. The molecular weight excluding hydrogens is 415 g/mol. The van der Waals surface area contributed by atoms with Crippen LogP contribution >= 0.6 is 15.9 Å². The zero-order chi connectivity index (χ0) is 18.7. The maximum absolute atomic E-state index is 12.2. The summed E-state index contributed by atoms with van der Waals surface area (Å²) in [5.74, 6) is -0.279. The van der Waals surface area contributed by atoms with Crippen molar-refractivity contribution in [3.63, 3.8) is 0 Å². The number of hydrogen-bond acceptors (Lipinski definition) is 4. The van der Waals surface area contributed by atoms with Crippen molar-refractivity contribution >= 4 is 22.2 Å². The van der Waals surface area contributed by atoms with E-state index in [1.165, 1.54) is 24.3 Å². The zero-order valence-electron chi connectivity index (χ0n) is 13.4. The lowest BCUT2D eigenvalue weighted by Crippen LogP contribution is -2.30. The number of aldehydes is 1. The molecule has 1 heterocycles. The van der Waals surface area contributed by atoms with Crippen molar-refractivity contribution in [1.82, 2.24) is 4.90 Å². The normalized spacial score (nSPS) is 20.9. The van der Waals surface area contributed by atoms with E-state index in [4.69, 9.17) is 4.74 Å². The lowest BCUT2D eigenvalue weighted by Gasteiger charge is -2.18. The summed E-state index contributed by atoms with van der Waals surface area (Å²) >= 11 is 3.37. The molecule has 0 saturated carbocycles. The van der Waals surface area contributed by atoms with Gasteiger partial charge in [0, 0.05) is 17.6 Å². The minimum absolute atomic E-state index is 0.244. The molecule has 0 aromatic heterocycles. The molecule has 0 N–H and O–H groups in total. The van der Waals surface area contributed by atoms with Crippen molar-refractivity contribution in [1.29, 1.82) is 0 Å². The van der Waals surface area contributed by atoms with Crippen molar-refractivity contribution in [2.45, 2.75) is 25.2 Å². The molecular formula is C18H15BrF3NO3. The maximum atomic E-state index is 12.2. The summed E-state index contributed by atoms with van der Waals surface area (Å²) in [5.41, 5.74) is 1.71. The topological polar surface area (TPSA) is 38.8 Å². The summed E-state index contributed by atoms with van der Waals surface area (Å²) in [5, 5.41) is 0. The standard InChI is InChI=1S/C18H15BrF3NO3/c19-14-5-3-13(4-6-14)16-10-23(17(11-24)25-16)9-12-1-7-15(8-2-12)26-18(20,21)22/h1-8,11,16-17H,9-10H2. The van der Waals surface area contributed by atoms with Gasteiger partial charge in [0.2, 0.25) is 0 Å². The highest BCUT2D eigenvalue weighted by atomic mass is 79.9. The minimum Gasteiger partial charge on any atom is -0.406 e. The zero-order valence-corrected chi connectivity index (χ0v) is 15.0. The molecule has 0 aliphatic carbocycles. The molecule has 0 spiro atoms. The second-order valence-electron chi connectivity index (χ2n) is 5.82. The first-order chi connectivity index (χ1) is 12.3. The predicted molar refractivity (Wildman–Crippen MR) is 91.4 cm³/mol. The molecule has 0 bridgehead atoms. The van der Waals surface area contributed by atoms with Gasteiger partial charge in [0.15, 0.2) is 12.5 Å². The number of rotatable bonds is 5. The molecule has 1 aliphatic rings. The summed E-state index contributed by atoms with van der Waals surface area (Å²) < 4.78 is 47.2. The number of hydrogen-bond donors (Lipinski definition) is 0. The van der Waals surface area contributed by atoms with Crippen LogP contribution in [0.4, 0.5) is 13.2 Å². The summed E-state index contributed by atoms with van der Waals surface area (Å²) in [6.07, 6.45) is -4.94.